The Labute approximate surface area is 180 Å². The molecule has 1 unspecified atom stereocenters. The van der Waals surface area contributed by atoms with Gasteiger partial charge in [-0.15, -0.1) is 0 Å². The van der Waals surface area contributed by atoms with Gasteiger partial charge in [-0.3, -0.25) is 9.59 Å². The summed E-state index contributed by atoms with van der Waals surface area (Å²) in [7, 11) is 0. The van der Waals surface area contributed by atoms with Crippen molar-refractivity contribution in [2.45, 2.75) is 25.4 Å². The van der Waals surface area contributed by atoms with Crippen molar-refractivity contribution in [1.82, 2.24) is 9.88 Å². The second-order valence-corrected chi connectivity index (χ2v) is 8.03. The summed E-state index contributed by atoms with van der Waals surface area (Å²) in [5.41, 5.74) is 1.84. The summed E-state index contributed by atoms with van der Waals surface area (Å²) in [6.07, 6.45) is 3.81. The molecule has 1 atom stereocenters. The van der Waals surface area contributed by atoms with Gasteiger partial charge in [-0.05, 0) is 54.2 Å². The Kier molecular flexibility index (Phi) is 5.20. The first-order valence-electron chi connectivity index (χ1n) is 10.6. The second-order valence-electron chi connectivity index (χ2n) is 8.03. The zero-order chi connectivity index (χ0) is 21.2. The minimum Gasteiger partial charge on any atom is -0.486 e. The van der Waals surface area contributed by atoms with Crippen LogP contribution in [0.15, 0.2) is 71.7 Å². The van der Waals surface area contributed by atoms with Crippen LogP contribution in [-0.4, -0.2) is 23.7 Å². The van der Waals surface area contributed by atoms with Gasteiger partial charge in [0.2, 0.25) is 0 Å². The summed E-state index contributed by atoms with van der Waals surface area (Å²) in [6.45, 7) is 1.48. The molecule has 0 radical (unpaired) electrons. The van der Waals surface area contributed by atoms with Gasteiger partial charge in [-0.25, -0.2) is 0 Å². The molecule has 0 saturated heterocycles. The zero-order valence-electron chi connectivity index (χ0n) is 17.1. The van der Waals surface area contributed by atoms with E-state index in [0.717, 1.165) is 29.7 Å². The van der Waals surface area contributed by atoms with E-state index in [-0.39, 0.29) is 23.1 Å². The van der Waals surface area contributed by atoms with Crippen molar-refractivity contribution in [1.29, 1.82) is 0 Å². The minimum absolute atomic E-state index is 0.154. The second kappa shape index (κ2) is 8.30. The predicted molar refractivity (Wildman–Crippen MR) is 117 cm³/mol. The number of carbonyl (C=O) groups excluding carboxylic acids is 1. The number of hydrogen-bond acceptors (Lipinski definition) is 4. The Hall–Kier alpha value is -3.54. The average molecular weight is 416 g/mol. The number of nitrogens with one attached hydrogen (secondary N) is 1. The summed E-state index contributed by atoms with van der Waals surface area (Å²) >= 11 is 0. The molecule has 1 amide bonds. The quantitative estimate of drug-likeness (QED) is 0.667. The van der Waals surface area contributed by atoms with E-state index < -0.39 is 0 Å². The summed E-state index contributed by atoms with van der Waals surface area (Å²) in [5, 5.41) is 3.10. The fourth-order valence-corrected chi connectivity index (χ4v) is 3.99. The summed E-state index contributed by atoms with van der Waals surface area (Å²) < 4.78 is 12.9. The topological polar surface area (TPSA) is 69.6 Å². The van der Waals surface area contributed by atoms with Crippen LogP contribution in [0.25, 0.3) is 0 Å². The first-order chi connectivity index (χ1) is 15.2. The molecule has 6 nitrogen and oxygen atoms in total. The Morgan fingerprint density at radius 2 is 1.77 bits per heavy atom. The monoisotopic (exact) mass is 416 g/mol. The predicted octanol–water partition coefficient (Wildman–Crippen LogP) is 3.55. The normalized spacial score (nSPS) is 15.9. The number of aromatic nitrogens is 1. The van der Waals surface area contributed by atoms with Crippen LogP contribution in [0.2, 0.25) is 0 Å². The molecule has 2 heterocycles. The first kappa shape index (κ1) is 19.4. The Morgan fingerprint density at radius 3 is 2.55 bits per heavy atom. The molecule has 1 aliphatic heterocycles. The fourth-order valence-electron chi connectivity index (χ4n) is 3.99. The number of benzene rings is 2. The Morgan fingerprint density at radius 1 is 1.00 bits per heavy atom. The molecule has 5 rings (SSSR count). The van der Waals surface area contributed by atoms with Gasteiger partial charge in [0.15, 0.2) is 11.5 Å². The van der Waals surface area contributed by atoms with Gasteiger partial charge in [0.05, 0.1) is 12.6 Å². The Bertz CT molecular complexity index is 1150. The van der Waals surface area contributed by atoms with E-state index in [0.29, 0.717) is 31.4 Å². The van der Waals surface area contributed by atoms with Crippen molar-refractivity contribution < 1.29 is 14.3 Å². The van der Waals surface area contributed by atoms with E-state index >= 15 is 0 Å². The van der Waals surface area contributed by atoms with Gasteiger partial charge in [0.25, 0.3) is 11.5 Å². The molecule has 3 aromatic rings. The molecule has 2 aromatic carbocycles. The number of nitrogens with zero attached hydrogens (tertiary/aromatic N) is 1. The molecule has 1 saturated carbocycles. The van der Waals surface area contributed by atoms with Crippen molar-refractivity contribution in [2.75, 3.05) is 13.2 Å². The maximum Gasteiger partial charge on any atom is 0.263 e. The summed E-state index contributed by atoms with van der Waals surface area (Å²) in [5.74, 6) is 1.44. The lowest BCUT2D eigenvalue weighted by atomic mass is 10.0. The van der Waals surface area contributed by atoms with Crippen molar-refractivity contribution >= 4 is 5.91 Å². The van der Waals surface area contributed by atoms with Crippen LogP contribution in [-0.2, 0) is 6.54 Å². The number of fused-ring (bicyclic) bond motifs is 1. The van der Waals surface area contributed by atoms with Crippen LogP contribution in [0.1, 0.15) is 40.4 Å². The van der Waals surface area contributed by atoms with Crippen molar-refractivity contribution in [2.24, 2.45) is 5.92 Å². The molecule has 0 spiro atoms. The van der Waals surface area contributed by atoms with E-state index in [9.17, 15) is 9.59 Å². The Balaban J connectivity index is 1.38. The molecule has 2 aliphatic rings. The smallest absolute Gasteiger partial charge is 0.263 e. The van der Waals surface area contributed by atoms with Crippen LogP contribution in [0.4, 0.5) is 0 Å². The highest BCUT2D eigenvalue weighted by atomic mass is 16.6. The molecule has 1 aliphatic carbocycles. The van der Waals surface area contributed by atoms with E-state index in [4.69, 9.17) is 9.47 Å². The maximum absolute atomic E-state index is 13.1. The van der Waals surface area contributed by atoms with E-state index in [2.05, 4.69) is 5.32 Å². The molecular weight excluding hydrogens is 392 g/mol. The van der Waals surface area contributed by atoms with Crippen LogP contribution in [0, 0.1) is 5.92 Å². The lowest BCUT2D eigenvalue weighted by Crippen LogP contribution is -2.35. The van der Waals surface area contributed by atoms with Crippen LogP contribution >= 0.6 is 0 Å². The highest BCUT2D eigenvalue weighted by molar-refractivity contribution is 5.94. The fraction of sp³-hybridized carbons (Fsp3) is 0.280. The highest BCUT2D eigenvalue weighted by Crippen LogP contribution is 2.43. The van der Waals surface area contributed by atoms with Crippen LogP contribution in [0.5, 0.6) is 11.5 Å². The molecule has 1 aromatic heterocycles. The molecule has 1 fully saturated rings. The average Bonchev–Trinajstić information content (AvgIpc) is 3.64. The maximum atomic E-state index is 13.1. The van der Waals surface area contributed by atoms with Crippen molar-refractivity contribution in [3.05, 3.63) is 93.9 Å². The van der Waals surface area contributed by atoms with E-state index in [1.54, 1.807) is 22.9 Å². The highest BCUT2D eigenvalue weighted by Gasteiger charge is 2.34. The largest absolute Gasteiger partial charge is 0.486 e. The van der Waals surface area contributed by atoms with Crippen LogP contribution < -0.4 is 20.3 Å². The third-order valence-corrected chi connectivity index (χ3v) is 5.77. The minimum atomic E-state index is -0.348. The molecule has 31 heavy (non-hydrogen) atoms. The zero-order valence-corrected chi connectivity index (χ0v) is 17.1. The summed E-state index contributed by atoms with van der Waals surface area (Å²) in [6, 6.07) is 18.7. The van der Waals surface area contributed by atoms with Gasteiger partial charge < -0.3 is 19.4 Å². The van der Waals surface area contributed by atoms with Gasteiger partial charge in [0, 0.05) is 6.20 Å². The SMILES string of the molecule is O=C(NC(c1ccc2c(c1)OCCO2)C1CC1)c1cccn(Cc2ccccc2)c1=O. The molecule has 1 N–H and O–H groups in total. The van der Waals surface area contributed by atoms with E-state index in [1.165, 1.54) is 0 Å². The van der Waals surface area contributed by atoms with Gasteiger partial charge in [-0.2, -0.15) is 0 Å². The first-order valence-corrected chi connectivity index (χ1v) is 10.6. The number of carbonyl (C=O) groups is 1. The number of pyridine rings is 1. The van der Waals surface area contributed by atoms with Gasteiger partial charge in [0.1, 0.15) is 18.8 Å². The number of rotatable bonds is 6. The molecule has 6 heteroatoms. The molecular formula is C25H24N2O4. The molecule has 0 bridgehead atoms. The van der Waals surface area contributed by atoms with Gasteiger partial charge in [-0.1, -0.05) is 36.4 Å². The lowest BCUT2D eigenvalue weighted by Gasteiger charge is -2.23. The standard InChI is InChI=1S/C25H24N2O4/c28-24(20-7-4-12-27(25(20)29)16-17-5-2-1-3-6-17)26-23(18-8-9-18)19-10-11-21-22(15-19)31-14-13-30-21/h1-7,10-12,15,18,23H,8-9,13-14,16H2,(H,26,28). The third kappa shape index (κ3) is 4.19. The summed E-state index contributed by atoms with van der Waals surface area (Å²) in [4.78, 5) is 26.1. The lowest BCUT2D eigenvalue weighted by molar-refractivity contribution is 0.0929. The number of ether oxygens (including phenoxy) is 2. The van der Waals surface area contributed by atoms with Crippen molar-refractivity contribution in [3.63, 3.8) is 0 Å². The van der Waals surface area contributed by atoms with Crippen molar-refractivity contribution in [3.8, 4) is 11.5 Å². The van der Waals surface area contributed by atoms with Crippen LogP contribution in [0.3, 0.4) is 0 Å². The number of hydrogen-bond donors (Lipinski definition) is 1. The molecule has 158 valence electrons. The third-order valence-electron chi connectivity index (χ3n) is 5.77. The number of amides is 1. The van der Waals surface area contributed by atoms with E-state index in [1.807, 2.05) is 48.5 Å². The van der Waals surface area contributed by atoms with Gasteiger partial charge >= 0.3 is 0 Å².